The van der Waals surface area contributed by atoms with Gasteiger partial charge in [-0.15, -0.1) is 10.2 Å². The summed E-state index contributed by atoms with van der Waals surface area (Å²) >= 11 is 1.39. The van der Waals surface area contributed by atoms with E-state index < -0.39 is 0 Å². The van der Waals surface area contributed by atoms with Crippen molar-refractivity contribution in [1.82, 2.24) is 19.7 Å². The van der Waals surface area contributed by atoms with Gasteiger partial charge in [-0.05, 0) is 31.0 Å². The average Bonchev–Trinajstić information content (AvgIpc) is 3.07. The summed E-state index contributed by atoms with van der Waals surface area (Å²) in [4.78, 5) is 25.8. The molecule has 1 aromatic heterocycles. The molecule has 3 rings (SSSR count). The molecule has 2 amide bonds. The van der Waals surface area contributed by atoms with E-state index in [1.54, 1.807) is 6.33 Å². The molecule has 0 spiro atoms. The highest BCUT2D eigenvalue weighted by Crippen LogP contribution is 2.22. The lowest BCUT2D eigenvalue weighted by atomic mass is 10.1. The van der Waals surface area contributed by atoms with E-state index in [0.29, 0.717) is 16.6 Å². The maximum Gasteiger partial charge on any atom is 0.233 e. The molecule has 27 heavy (non-hydrogen) atoms. The number of anilines is 1. The van der Waals surface area contributed by atoms with Crippen LogP contribution < -0.4 is 5.32 Å². The molecule has 1 aliphatic heterocycles. The average molecular weight is 388 g/mol. The Balaban J connectivity index is 1.65. The van der Waals surface area contributed by atoms with E-state index >= 15 is 0 Å². The fraction of sp³-hybridized carbons (Fsp3) is 0.474. The molecular formula is C19H25N5O2S. The van der Waals surface area contributed by atoms with Crippen LogP contribution in [0.25, 0.3) is 5.69 Å². The fourth-order valence-corrected chi connectivity index (χ4v) is 3.98. The molecule has 144 valence electrons. The van der Waals surface area contributed by atoms with E-state index in [-0.39, 0.29) is 11.8 Å². The molecule has 0 saturated carbocycles. The molecule has 1 N–H and O–H groups in total. The normalized spacial score (nSPS) is 15.1. The number of aromatic nitrogens is 3. The molecule has 7 nitrogen and oxygen atoms in total. The fourth-order valence-electron chi connectivity index (χ4n) is 3.15. The largest absolute Gasteiger partial charge is 0.342 e. The zero-order chi connectivity index (χ0) is 19.1. The predicted molar refractivity (Wildman–Crippen MR) is 106 cm³/mol. The van der Waals surface area contributed by atoms with Gasteiger partial charge in [0.15, 0.2) is 5.16 Å². The first kappa shape index (κ1) is 19.4. The van der Waals surface area contributed by atoms with E-state index in [1.807, 2.05) is 33.7 Å². The number of nitrogens with zero attached hydrogens (tertiary/aromatic N) is 4. The van der Waals surface area contributed by atoms with Crippen LogP contribution in [-0.4, -0.2) is 50.3 Å². The van der Waals surface area contributed by atoms with E-state index in [9.17, 15) is 9.59 Å². The van der Waals surface area contributed by atoms with Gasteiger partial charge in [0.25, 0.3) is 0 Å². The third kappa shape index (κ3) is 5.56. The van der Waals surface area contributed by atoms with Crippen LogP contribution in [0.5, 0.6) is 0 Å². The minimum absolute atomic E-state index is 0.121. The van der Waals surface area contributed by atoms with Crippen molar-refractivity contribution in [2.75, 3.05) is 24.2 Å². The summed E-state index contributed by atoms with van der Waals surface area (Å²) < 4.78 is 1.83. The van der Waals surface area contributed by atoms with Crippen molar-refractivity contribution in [2.45, 2.75) is 44.2 Å². The first-order valence-electron chi connectivity index (χ1n) is 9.32. The number of carbonyl (C=O) groups is 2. The number of likely N-dealkylation sites (tertiary alicyclic amines) is 1. The van der Waals surface area contributed by atoms with Crippen LogP contribution >= 0.6 is 11.8 Å². The summed E-state index contributed by atoms with van der Waals surface area (Å²) in [7, 11) is 0. The van der Waals surface area contributed by atoms with Crippen LogP contribution in [0.1, 0.15) is 39.0 Å². The minimum atomic E-state index is -0.121. The number of carbonyl (C=O) groups excluding carboxylic acids is 2. The second kappa shape index (κ2) is 9.55. The summed E-state index contributed by atoms with van der Waals surface area (Å²) in [5, 5.41) is 11.6. The van der Waals surface area contributed by atoms with Gasteiger partial charge in [-0.3, -0.25) is 14.2 Å². The monoisotopic (exact) mass is 387 g/mol. The zero-order valence-electron chi connectivity index (χ0n) is 15.6. The molecule has 1 saturated heterocycles. The summed E-state index contributed by atoms with van der Waals surface area (Å²) in [5.41, 5.74) is 1.55. The highest BCUT2D eigenvalue weighted by molar-refractivity contribution is 7.99. The second-order valence-electron chi connectivity index (χ2n) is 6.65. The van der Waals surface area contributed by atoms with Crippen molar-refractivity contribution < 1.29 is 9.59 Å². The number of benzene rings is 1. The van der Waals surface area contributed by atoms with Gasteiger partial charge in [0.2, 0.25) is 11.8 Å². The number of hydrogen-bond acceptors (Lipinski definition) is 5. The lowest BCUT2D eigenvalue weighted by Gasteiger charge is -2.24. The standard InChI is InChI=1S/C19H25N5O2S/c1-15(25)21-16-8-7-9-17(12-16)24-14-20-22-19(24)27-13-18(26)23-10-5-3-2-4-6-11-23/h7-9,12,14H,2-6,10-11,13H2,1H3,(H,21,25). The molecule has 1 fully saturated rings. The smallest absolute Gasteiger partial charge is 0.233 e. The number of thioether (sulfide) groups is 1. The molecule has 0 atom stereocenters. The topological polar surface area (TPSA) is 80.1 Å². The molecule has 1 aliphatic rings. The molecule has 2 aromatic rings. The lowest BCUT2D eigenvalue weighted by molar-refractivity contribution is -0.128. The summed E-state index contributed by atoms with van der Waals surface area (Å²) in [6.45, 7) is 3.18. The summed E-state index contributed by atoms with van der Waals surface area (Å²) in [6.07, 6.45) is 7.48. The first-order valence-corrected chi connectivity index (χ1v) is 10.3. The van der Waals surface area contributed by atoms with Gasteiger partial charge in [-0.1, -0.05) is 37.1 Å². The lowest BCUT2D eigenvalue weighted by Crippen LogP contribution is -2.35. The van der Waals surface area contributed by atoms with Crippen molar-refractivity contribution in [3.05, 3.63) is 30.6 Å². The maximum atomic E-state index is 12.6. The van der Waals surface area contributed by atoms with Crippen LogP contribution in [0, 0.1) is 0 Å². The highest BCUT2D eigenvalue weighted by Gasteiger charge is 2.17. The molecule has 1 aromatic carbocycles. The van der Waals surface area contributed by atoms with Crippen molar-refractivity contribution >= 4 is 29.3 Å². The molecular weight excluding hydrogens is 362 g/mol. The van der Waals surface area contributed by atoms with Gasteiger partial charge in [-0.25, -0.2) is 0 Å². The van der Waals surface area contributed by atoms with E-state index in [4.69, 9.17) is 0 Å². The third-order valence-electron chi connectivity index (χ3n) is 4.49. The van der Waals surface area contributed by atoms with Gasteiger partial charge in [0, 0.05) is 25.7 Å². The molecule has 2 heterocycles. The van der Waals surface area contributed by atoms with Gasteiger partial charge < -0.3 is 10.2 Å². The second-order valence-corrected chi connectivity index (χ2v) is 7.59. The van der Waals surface area contributed by atoms with Crippen LogP contribution in [0.3, 0.4) is 0 Å². The van der Waals surface area contributed by atoms with Gasteiger partial charge in [0.1, 0.15) is 6.33 Å². The summed E-state index contributed by atoms with van der Waals surface area (Å²) in [5.74, 6) is 0.386. The number of nitrogens with one attached hydrogen (secondary N) is 1. The number of amides is 2. The van der Waals surface area contributed by atoms with Crippen LogP contribution in [0.4, 0.5) is 5.69 Å². The van der Waals surface area contributed by atoms with Crippen molar-refractivity contribution in [1.29, 1.82) is 0 Å². The Kier molecular flexibility index (Phi) is 6.86. The van der Waals surface area contributed by atoms with E-state index in [2.05, 4.69) is 15.5 Å². The Morgan fingerprint density at radius 3 is 2.63 bits per heavy atom. The molecule has 8 heteroatoms. The van der Waals surface area contributed by atoms with Crippen molar-refractivity contribution in [3.8, 4) is 5.69 Å². The van der Waals surface area contributed by atoms with Gasteiger partial charge in [0.05, 0.1) is 11.4 Å². The Labute approximate surface area is 163 Å². The van der Waals surface area contributed by atoms with Crippen molar-refractivity contribution in [3.63, 3.8) is 0 Å². The Hall–Kier alpha value is -2.35. The zero-order valence-corrected chi connectivity index (χ0v) is 16.4. The highest BCUT2D eigenvalue weighted by atomic mass is 32.2. The Morgan fingerprint density at radius 2 is 1.89 bits per heavy atom. The molecule has 0 radical (unpaired) electrons. The maximum absolute atomic E-state index is 12.6. The quantitative estimate of drug-likeness (QED) is 0.798. The van der Waals surface area contributed by atoms with E-state index in [1.165, 1.54) is 37.9 Å². The molecule has 0 bridgehead atoms. The predicted octanol–water partition coefficient (Wildman–Crippen LogP) is 3.11. The Morgan fingerprint density at radius 1 is 1.15 bits per heavy atom. The SMILES string of the molecule is CC(=O)Nc1cccc(-n2cnnc2SCC(=O)N2CCCCCCC2)c1. The van der Waals surface area contributed by atoms with Gasteiger partial charge in [-0.2, -0.15) is 0 Å². The van der Waals surface area contributed by atoms with E-state index in [0.717, 1.165) is 31.6 Å². The summed E-state index contributed by atoms with van der Waals surface area (Å²) in [6, 6.07) is 7.46. The minimum Gasteiger partial charge on any atom is -0.342 e. The van der Waals surface area contributed by atoms with Crippen LogP contribution in [0.2, 0.25) is 0 Å². The third-order valence-corrected chi connectivity index (χ3v) is 5.42. The van der Waals surface area contributed by atoms with Crippen LogP contribution in [-0.2, 0) is 9.59 Å². The van der Waals surface area contributed by atoms with Gasteiger partial charge >= 0.3 is 0 Å². The number of hydrogen-bond donors (Lipinski definition) is 1. The number of rotatable bonds is 5. The van der Waals surface area contributed by atoms with Crippen molar-refractivity contribution in [2.24, 2.45) is 0 Å². The molecule has 0 unspecified atom stereocenters. The van der Waals surface area contributed by atoms with Crippen LogP contribution in [0.15, 0.2) is 35.7 Å². The Bertz CT molecular complexity index is 784. The first-order chi connectivity index (χ1) is 13.1. The molecule has 0 aliphatic carbocycles.